The number of guanidine groups is 1. The number of likely N-dealkylation sites (tertiary alicyclic amines) is 1. The number of nitrogens with one attached hydrogen (secondary N) is 2. The monoisotopic (exact) mass is 538 g/mol. The number of carbonyl (C=O) groups is 1. The molecule has 0 unspecified atom stereocenters. The van der Waals surface area contributed by atoms with Crippen molar-refractivity contribution in [3.05, 3.63) is 70.5 Å². The topological polar surface area (TPSA) is 56.7 Å². The molecule has 0 atom stereocenters. The quantitative estimate of drug-likeness (QED) is 0.321. The minimum Gasteiger partial charge on any atom is -0.357 e. The number of hydrogen-bond donors (Lipinski definition) is 2. The first-order valence-corrected chi connectivity index (χ1v) is 10.7. The molecule has 2 aromatic rings. The van der Waals surface area contributed by atoms with Crippen LogP contribution in [0, 0.1) is 12.7 Å². The standard InChI is InChI=1S/C24H31FN4O.HI/c1-3-26-24(28-17-20-8-7-18(2)22(25)15-20)27-16-19-9-11-21(12-10-19)23(30)29-13-5-4-6-14-29;/h7-12,15H,3-6,13-14,16-17H2,1-2H3,(H2,26,27,28);1H. The highest BCUT2D eigenvalue weighted by atomic mass is 127. The maximum Gasteiger partial charge on any atom is 0.253 e. The summed E-state index contributed by atoms with van der Waals surface area (Å²) in [5, 5.41) is 6.50. The third-order valence-corrected chi connectivity index (χ3v) is 5.30. The Hall–Kier alpha value is -2.16. The molecule has 31 heavy (non-hydrogen) atoms. The van der Waals surface area contributed by atoms with E-state index >= 15 is 0 Å². The number of rotatable bonds is 6. The van der Waals surface area contributed by atoms with E-state index in [1.807, 2.05) is 42.2 Å². The number of halogens is 2. The van der Waals surface area contributed by atoms with Crippen LogP contribution in [0.15, 0.2) is 47.5 Å². The number of piperidine rings is 1. The van der Waals surface area contributed by atoms with E-state index in [-0.39, 0.29) is 35.7 Å². The summed E-state index contributed by atoms with van der Waals surface area (Å²) in [6, 6.07) is 12.9. The number of hydrogen-bond acceptors (Lipinski definition) is 2. The van der Waals surface area contributed by atoms with Crippen LogP contribution in [0.25, 0.3) is 0 Å². The van der Waals surface area contributed by atoms with Crippen LogP contribution in [0.3, 0.4) is 0 Å². The summed E-state index contributed by atoms with van der Waals surface area (Å²) in [6.45, 7) is 7.19. The summed E-state index contributed by atoms with van der Waals surface area (Å²) >= 11 is 0. The molecule has 0 saturated carbocycles. The van der Waals surface area contributed by atoms with Gasteiger partial charge in [-0.15, -0.1) is 24.0 Å². The van der Waals surface area contributed by atoms with Crippen molar-refractivity contribution in [1.82, 2.24) is 15.5 Å². The summed E-state index contributed by atoms with van der Waals surface area (Å²) in [6.07, 6.45) is 3.40. The Labute approximate surface area is 201 Å². The lowest BCUT2D eigenvalue weighted by Crippen LogP contribution is -2.37. The van der Waals surface area contributed by atoms with Crippen molar-refractivity contribution >= 4 is 35.8 Å². The highest BCUT2D eigenvalue weighted by molar-refractivity contribution is 14.0. The molecule has 1 saturated heterocycles. The molecule has 2 aromatic carbocycles. The van der Waals surface area contributed by atoms with E-state index in [1.165, 1.54) is 12.5 Å². The lowest BCUT2D eigenvalue weighted by atomic mass is 10.1. The van der Waals surface area contributed by atoms with Crippen molar-refractivity contribution in [2.24, 2.45) is 4.99 Å². The molecule has 5 nitrogen and oxygen atoms in total. The van der Waals surface area contributed by atoms with E-state index in [2.05, 4.69) is 15.6 Å². The van der Waals surface area contributed by atoms with Crippen molar-refractivity contribution in [2.75, 3.05) is 19.6 Å². The van der Waals surface area contributed by atoms with Crippen molar-refractivity contribution in [1.29, 1.82) is 0 Å². The predicted octanol–water partition coefficient (Wildman–Crippen LogP) is 4.63. The summed E-state index contributed by atoms with van der Waals surface area (Å²) in [5.41, 5.74) is 3.27. The van der Waals surface area contributed by atoms with E-state index in [9.17, 15) is 9.18 Å². The Kier molecular flexibility index (Phi) is 10.2. The molecule has 1 fully saturated rings. The molecule has 1 heterocycles. The summed E-state index contributed by atoms with van der Waals surface area (Å²) in [5.74, 6) is 0.584. The van der Waals surface area contributed by atoms with Crippen LogP contribution in [0.1, 0.15) is 53.2 Å². The van der Waals surface area contributed by atoms with Crippen LogP contribution in [0.4, 0.5) is 4.39 Å². The molecule has 168 valence electrons. The Bertz CT molecular complexity index is 880. The van der Waals surface area contributed by atoms with Crippen LogP contribution >= 0.6 is 24.0 Å². The molecular formula is C24H32FIN4O. The zero-order valence-electron chi connectivity index (χ0n) is 18.3. The smallest absolute Gasteiger partial charge is 0.253 e. The molecule has 0 aromatic heterocycles. The summed E-state index contributed by atoms with van der Waals surface area (Å²) in [7, 11) is 0. The molecule has 1 amide bonds. The molecule has 0 aliphatic carbocycles. The second-order valence-electron chi connectivity index (χ2n) is 7.68. The number of carbonyl (C=O) groups excluding carboxylic acids is 1. The van der Waals surface area contributed by atoms with Gasteiger partial charge in [0.05, 0.1) is 6.54 Å². The third-order valence-electron chi connectivity index (χ3n) is 5.30. The second kappa shape index (κ2) is 12.6. The highest BCUT2D eigenvalue weighted by Gasteiger charge is 2.17. The number of nitrogens with zero attached hydrogens (tertiary/aromatic N) is 2. The van der Waals surface area contributed by atoms with Crippen LogP contribution in [-0.4, -0.2) is 36.4 Å². The normalized spacial score (nSPS) is 14.0. The molecule has 0 radical (unpaired) electrons. The number of aryl methyl sites for hydroxylation is 1. The molecule has 0 bridgehead atoms. The largest absolute Gasteiger partial charge is 0.357 e. The lowest BCUT2D eigenvalue weighted by molar-refractivity contribution is 0.0724. The van der Waals surface area contributed by atoms with Crippen molar-refractivity contribution in [3.63, 3.8) is 0 Å². The van der Waals surface area contributed by atoms with Crippen LogP contribution in [0.5, 0.6) is 0 Å². The van der Waals surface area contributed by atoms with Gasteiger partial charge in [0.2, 0.25) is 0 Å². The van der Waals surface area contributed by atoms with Crippen LogP contribution < -0.4 is 10.6 Å². The number of benzene rings is 2. The molecule has 1 aliphatic rings. The first-order chi connectivity index (χ1) is 14.6. The first kappa shape index (κ1) is 25.1. The maximum atomic E-state index is 13.7. The molecule has 3 rings (SSSR count). The van der Waals surface area contributed by atoms with E-state index in [1.54, 1.807) is 13.0 Å². The fourth-order valence-electron chi connectivity index (χ4n) is 3.48. The van der Waals surface area contributed by atoms with E-state index < -0.39 is 0 Å². The van der Waals surface area contributed by atoms with Gasteiger partial charge in [0.25, 0.3) is 5.91 Å². The second-order valence-corrected chi connectivity index (χ2v) is 7.68. The Morgan fingerprint density at radius 3 is 2.35 bits per heavy atom. The van der Waals surface area contributed by atoms with Crippen molar-refractivity contribution < 1.29 is 9.18 Å². The average Bonchev–Trinajstić information content (AvgIpc) is 2.78. The first-order valence-electron chi connectivity index (χ1n) is 10.7. The molecule has 0 spiro atoms. The predicted molar refractivity (Wildman–Crippen MR) is 134 cm³/mol. The molecule has 7 heteroatoms. The third kappa shape index (κ3) is 7.48. The number of amides is 1. The Morgan fingerprint density at radius 1 is 1.03 bits per heavy atom. The van der Waals surface area contributed by atoms with E-state index in [4.69, 9.17) is 0 Å². The zero-order chi connectivity index (χ0) is 21.3. The van der Waals surface area contributed by atoms with Gasteiger partial charge in [-0.3, -0.25) is 4.79 Å². The fraction of sp³-hybridized carbons (Fsp3) is 0.417. The van der Waals surface area contributed by atoms with Gasteiger partial charge in [0, 0.05) is 31.7 Å². The Morgan fingerprint density at radius 2 is 1.71 bits per heavy atom. The van der Waals surface area contributed by atoms with Gasteiger partial charge in [-0.2, -0.15) is 0 Å². The minimum atomic E-state index is -0.208. The summed E-state index contributed by atoms with van der Waals surface area (Å²) in [4.78, 5) is 19.1. The van der Waals surface area contributed by atoms with Gasteiger partial charge >= 0.3 is 0 Å². The van der Waals surface area contributed by atoms with Gasteiger partial charge in [-0.1, -0.05) is 24.3 Å². The van der Waals surface area contributed by atoms with Gasteiger partial charge in [0.15, 0.2) is 5.96 Å². The van der Waals surface area contributed by atoms with Crippen LogP contribution in [0.2, 0.25) is 0 Å². The zero-order valence-corrected chi connectivity index (χ0v) is 20.6. The van der Waals surface area contributed by atoms with Gasteiger partial charge in [0.1, 0.15) is 5.82 Å². The van der Waals surface area contributed by atoms with Gasteiger partial charge in [-0.05, 0) is 68.0 Å². The minimum absolute atomic E-state index is 0. The maximum absolute atomic E-state index is 13.7. The SMILES string of the molecule is CCNC(=NCc1ccc(C)c(F)c1)NCc1ccc(C(=O)N2CCCCC2)cc1.I. The van der Waals surface area contributed by atoms with E-state index in [0.717, 1.165) is 49.2 Å². The fourth-order valence-corrected chi connectivity index (χ4v) is 3.48. The van der Waals surface area contributed by atoms with Gasteiger partial charge < -0.3 is 15.5 Å². The van der Waals surface area contributed by atoms with Crippen LogP contribution in [-0.2, 0) is 13.1 Å². The van der Waals surface area contributed by atoms with Gasteiger partial charge in [-0.25, -0.2) is 9.38 Å². The molecule has 2 N–H and O–H groups in total. The molecular weight excluding hydrogens is 506 g/mol. The lowest BCUT2D eigenvalue weighted by Gasteiger charge is -2.26. The van der Waals surface area contributed by atoms with Crippen molar-refractivity contribution in [3.8, 4) is 0 Å². The number of aliphatic imine (C=N–C) groups is 1. The highest BCUT2D eigenvalue weighted by Crippen LogP contribution is 2.14. The Balaban J connectivity index is 0.00000341. The summed E-state index contributed by atoms with van der Waals surface area (Å²) < 4.78 is 13.7. The van der Waals surface area contributed by atoms with E-state index in [0.29, 0.717) is 24.6 Å². The van der Waals surface area contributed by atoms with Crippen molar-refractivity contribution in [2.45, 2.75) is 46.2 Å². The molecule has 1 aliphatic heterocycles. The average molecular weight is 538 g/mol.